The van der Waals surface area contributed by atoms with Crippen molar-refractivity contribution in [2.75, 3.05) is 17.1 Å². The molecular weight excluding hydrogens is 259 g/mol. The van der Waals surface area contributed by atoms with E-state index in [9.17, 15) is 12.8 Å². The Morgan fingerprint density at radius 3 is 2.72 bits per heavy atom. The first-order chi connectivity index (χ1) is 8.43. The minimum absolute atomic E-state index is 0.0572. The third-order valence-electron chi connectivity index (χ3n) is 2.44. The first-order valence-corrected chi connectivity index (χ1v) is 6.40. The van der Waals surface area contributed by atoms with E-state index in [0.717, 1.165) is 16.6 Å². The van der Waals surface area contributed by atoms with Crippen molar-refractivity contribution < 1.29 is 12.8 Å². The molecule has 18 heavy (non-hydrogen) atoms. The summed E-state index contributed by atoms with van der Waals surface area (Å²) in [6.07, 6.45) is 1.11. The second-order valence-electron chi connectivity index (χ2n) is 3.60. The van der Waals surface area contributed by atoms with Crippen LogP contribution in [0.3, 0.4) is 0 Å². The number of benzene rings is 1. The number of aromatic nitrogens is 2. The quantitative estimate of drug-likeness (QED) is 0.868. The minimum atomic E-state index is -3.85. The SMILES string of the molecule is CN(c1cccc(F)c1)S(=O)(=O)c1cn[nH]c1N. The number of nitrogens with zero attached hydrogens (tertiary/aromatic N) is 2. The van der Waals surface area contributed by atoms with Crippen LogP contribution in [0.1, 0.15) is 0 Å². The number of rotatable bonds is 3. The zero-order chi connectivity index (χ0) is 13.3. The molecule has 0 saturated carbocycles. The van der Waals surface area contributed by atoms with E-state index in [1.807, 2.05) is 0 Å². The molecule has 0 aliphatic carbocycles. The van der Waals surface area contributed by atoms with Gasteiger partial charge in [-0.2, -0.15) is 5.10 Å². The van der Waals surface area contributed by atoms with Crippen molar-refractivity contribution in [1.82, 2.24) is 10.2 Å². The van der Waals surface area contributed by atoms with Gasteiger partial charge in [-0.1, -0.05) is 6.07 Å². The summed E-state index contributed by atoms with van der Waals surface area (Å²) in [5, 5.41) is 5.89. The molecule has 1 heterocycles. The Kier molecular flexibility index (Phi) is 2.95. The summed E-state index contributed by atoms with van der Waals surface area (Å²) in [5.74, 6) is -0.576. The van der Waals surface area contributed by atoms with E-state index in [1.54, 1.807) is 0 Å². The number of aromatic amines is 1. The van der Waals surface area contributed by atoms with Crippen molar-refractivity contribution >= 4 is 21.5 Å². The van der Waals surface area contributed by atoms with E-state index in [1.165, 1.54) is 25.2 Å². The number of nitrogens with one attached hydrogen (secondary N) is 1. The van der Waals surface area contributed by atoms with Crippen LogP contribution in [-0.2, 0) is 10.0 Å². The number of hydrogen-bond acceptors (Lipinski definition) is 4. The molecule has 2 aromatic rings. The van der Waals surface area contributed by atoms with Crippen LogP contribution >= 0.6 is 0 Å². The summed E-state index contributed by atoms with van der Waals surface area (Å²) < 4.78 is 38.4. The second-order valence-corrected chi connectivity index (χ2v) is 5.54. The van der Waals surface area contributed by atoms with Crippen LogP contribution in [0.25, 0.3) is 0 Å². The smallest absolute Gasteiger partial charge is 0.269 e. The van der Waals surface area contributed by atoms with Crippen LogP contribution in [-0.4, -0.2) is 25.7 Å². The monoisotopic (exact) mass is 270 g/mol. The molecule has 3 N–H and O–H groups in total. The highest BCUT2D eigenvalue weighted by atomic mass is 32.2. The van der Waals surface area contributed by atoms with Crippen LogP contribution in [0, 0.1) is 5.82 Å². The lowest BCUT2D eigenvalue weighted by molar-refractivity contribution is 0.594. The topological polar surface area (TPSA) is 92.1 Å². The van der Waals surface area contributed by atoms with E-state index >= 15 is 0 Å². The van der Waals surface area contributed by atoms with Crippen molar-refractivity contribution in [1.29, 1.82) is 0 Å². The van der Waals surface area contributed by atoms with Gasteiger partial charge in [0.05, 0.1) is 11.9 Å². The van der Waals surface area contributed by atoms with Crippen molar-refractivity contribution in [2.24, 2.45) is 0 Å². The molecule has 0 spiro atoms. The first-order valence-electron chi connectivity index (χ1n) is 4.96. The standard InChI is InChI=1S/C10H11FN4O2S/c1-15(8-4-2-3-7(11)5-8)18(16,17)9-6-13-14-10(9)12/h2-6H,1H3,(H3,12,13,14). The molecule has 0 bridgehead atoms. The van der Waals surface area contributed by atoms with Gasteiger partial charge in [0, 0.05) is 7.05 Å². The highest BCUT2D eigenvalue weighted by molar-refractivity contribution is 7.93. The van der Waals surface area contributed by atoms with Crippen LogP contribution < -0.4 is 10.0 Å². The van der Waals surface area contributed by atoms with Gasteiger partial charge in [0.25, 0.3) is 10.0 Å². The molecule has 0 saturated heterocycles. The summed E-state index contributed by atoms with van der Waals surface area (Å²) in [7, 11) is -2.53. The zero-order valence-corrected chi connectivity index (χ0v) is 10.3. The summed E-state index contributed by atoms with van der Waals surface area (Å²) in [6, 6.07) is 5.26. The lowest BCUT2D eigenvalue weighted by atomic mass is 10.3. The molecule has 96 valence electrons. The average molecular weight is 270 g/mol. The fraction of sp³-hybridized carbons (Fsp3) is 0.100. The molecule has 0 aliphatic rings. The number of halogens is 1. The van der Waals surface area contributed by atoms with E-state index in [4.69, 9.17) is 5.73 Å². The number of H-pyrrole nitrogens is 1. The summed E-state index contributed by atoms with van der Waals surface area (Å²) in [5.41, 5.74) is 5.68. The van der Waals surface area contributed by atoms with Gasteiger partial charge in [-0.15, -0.1) is 0 Å². The predicted molar refractivity (Wildman–Crippen MR) is 65.0 cm³/mol. The molecular formula is C10H11FN4O2S. The maximum atomic E-state index is 13.1. The first kappa shape index (κ1) is 12.4. The molecule has 0 radical (unpaired) electrons. The van der Waals surface area contributed by atoms with Gasteiger partial charge in [0.2, 0.25) is 0 Å². The minimum Gasteiger partial charge on any atom is -0.383 e. The van der Waals surface area contributed by atoms with Crippen molar-refractivity contribution in [3.8, 4) is 0 Å². The maximum absolute atomic E-state index is 13.1. The molecule has 0 unspecified atom stereocenters. The maximum Gasteiger partial charge on any atom is 0.269 e. The fourth-order valence-corrected chi connectivity index (χ4v) is 2.64. The lowest BCUT2D eigenvalue weighted by Crippen LogP contribution is -2.27. The number of hydrogen-bond donors (Lipinski definition) is 2. The Bertz CT molecular complexity index is 668. The van der Waals surface area contributed by atoms with E-state index in [-0.39, 0.29) is 16.4 Å². The summed E-state index contributed by atoms with van der Waals surface area (Å²) in [4.78, 5) is -0.144. The largest absolute Gasteiger partial charge is 0.383 e. The van der Waals surface area contributed by atoms with Gasteiger partial charge in [-0.25, -0.2) is 12.8 Å². The summed E-state index contributed by atoms with van der Waals surface area (Å²) in [6.45, 7) is 0. The Morgan fingerprint density at radius 2 is 2.17 bits per heavy atom. The van der Waals surface area contributed by atoms with Gasteiger partial charge in [-0.3, -0.25) is 9.40 Å². The predicted octanol–water partition coefficient (Wildman–Crippen LogP) is 0.956. The van der Waals surface area contributed by atoms with Crippen molar-refractivity contribution in [3.05, 3.63) is 36.3 Å². The average Bonchev–Trinajstić information content (AvgIpc) is 2.75. The fourth-order valence-electron chi connectivity index (χ4n) is 1.45. The van der Waals surface area contributed by atoms with E-state index in [0.29, 0.717) is 0 Å². The van der Waals surface area contributed by atoms with Crippen molar-refractivity contribution in [3.63, 3.8) is 0 Å². The Balaban J connectivity index is 2.46. The molecule has 8 heteroatoms. The Labute approximate surface area is 103 Å². The molecule has 0 amide bonds. The number of anilines is 2. The molecule has 0 aliphatic heterocycles. The van der Waals surface area contributed by atoms with Crippen LogP contribution in [0.4, 0.5) is 15.9 Å². The van der Waals surface area contributed by atoms with E-state index in [2.05, 4.69) is 10.2 Å². The highest BCUT2D eigenvalue weighted by Crippen LogP contribution is 2.24. The van der Waals surface area contributed by atoms with Crippen LogP contribution in [0.15, 0.2) is 35.4 Å². The molecule has 6 nitrogen and oxygen atoms in total. The lowest BCUT2D eigenvalue weighted by Gasteiger charge is -2.18. The van der Waals surface area contributed by atoms with Gasteiger partial charge < -0.3 is 5.73 Å². The van der Waals surface area contributed by atoms with Gasteiger partial charge >= 0.3 is 0 Å². The van der Waals surface area contributed by atoms with Crippen molar-refractivity contribution in [2.45, 2.75) is 4.90 Å². The van der Waals surface area contributed by atoms with E-state index < -0.39 is 15.8 Å². The molecule has 0 fully saturated rings. The van der Waals surface area contributed by atoms with Gasteiger partial charge in [0.1, 0.15) is 16.5 Å². The molecule has 1 aromatic carbocycles. The third-order valence-corrected chi connectivity index (χ3v) is 4.26. The van der Waals surface area contributed by atoms with Gasteiger partial charge in [-0.05, 0) is 18.2 Å². The second kappa shape index (κ2) is 4.30. The Hall–Kier alpha value is -2.09. The zero-order valence-electron chi connectivity index (χ0n) is 9.46. The van der Waals surface area contributed by atoms with Crippen LogP contribution in [0.5, 0.6) is 0 Å². The highest BCUT2D eigenvalue weighted by Gasteiger charge is 2.25. The summed E-state index contributed by atoms with van der Waals surface area (Å²) >= 11 is 0. The number of nitrogen functional groups attached to an aromatic ring is 1. The molecule has 1 aromatic heterocycles. The molecule has 2 rings (SSSR count). The number of nitrogens with two attached hydrogens (primary N) is 1. The van der Waals surface area contributed by atoms with Gasteiger partial charge in [0.15, 0.2) is 0 Å². The van der Waals surface area contributed by atoms with Crippen LogP contribution in [0.2, 0.25) is 0 Å². The third kappa shape index (κ3) is 2.02. The Morgan fingerprint density at radius 1 is 1.44 bits per heavy atom. The normalized spacial score (nSPS) is 11.4. The molecule has 0 atom stereocenters. The number of sulfonamides is 1.